The first kappa shape index (κ1) is 19.9. The third kappa shape index (κ3) is 4.62. The Morgan fingerprint density at radius 3 is 2.23 bits per heavy atom. The van der Waals surface area contributed by atoms with Gasteiger partial charge in [0.05, 0.1) is 11.4 Å². The second-order valence-corrected chi connectivity index (χ2v) is 8.41. The number of benzene rings is 2. The Morgan fingerprint density at radius 2 is 1.62 bits per heavy atom. The van der Waals surface area contributed by atoms with Crippen LogP contribution in [-0.4, -0.2) is 39.3 Å². The maximum Gasteiger partial charge on any atom is 0.242 e. The van der Waals surface area contributed by atoms with E-state index in [4.69, 9.17) is 0 Å². The second-order valence-electron chi connectivity index (χ2n) is 6.29. The average molecular weight is 375 g/mol. The van der Waals surface area contributed by atoms with Crippen molar-refractivity contribution >= 4 is 21.6 Å². The van der Waals surface area contributed by atoms with E-state index in [0.29, 0.717) is 5.56 Å². The van der Waals surface area contributed by atoms with Crippen LogP contribution in [0.1, 0.15) is 16.7 Å². The molecule has 0 spiro atoms. The van der Waals surface area contributed by atoms with Gasteiger partial charge in [0.2, 0.25) is 15.9 Å². The molecule has 0 unspecified atom stereocenters. The summed E-state index contributed by atoms with van der Waals surface area (Å²) >= 11 is 0. The number of rotatable bonds is 7. The van der Waals surface area contributed by atoms with E-state index in [0.717, 1.165) is 21.1 Å². The zero-order valence-electron chi connectivity index (χ0n) is 15.5. The highest BCUT2D eigenvalue weighted by Gasteiger charge is 2.20. The lowest BCUT2D eigenvalue weighted by Crippen LogP contribution is -2.31. The van der Waals surface area contributed by atoms with E-state index < -0.39 is 10.0 Å². The summed E-state index contributed by atoms with van der Waals surface area (Å²) in [5.74, 6) is -0.204. The van der Waals surface area contributed by atoms with Gasteiger partial charge >= 0.3 is 0 Å². The summed E-state index contributed by atoms with van der Waals surface area (Å²) in [6.07, 6.45) is 0. The number of nitrogens with zero attached hydrogens (tertiary/aromatic N) is 1. The van der Waals surface area contributed by atoms with Crippen molar-refractivity contribution in [1.29, 1.82) is 0 Å². The number of carbonyl (C=O) groups is 1. The fraction of sp³-hybridized carbons (Fsp3) is 0.316. The molecule has 0 saturated carbocycles. The van der Waals surface area contributed by atoms with Crippen molar-refractivity contribution in [3.63, 3.8) is 0 Å². The van der Waals surface area contributed by atoms with Crippen LogP contribution in [0.3, 0.4) is 0 Å². The number of anilines is 1. The highest BCUT2D eigenvalue weighted by atomic mass is 32.2. The zero-order valence-corrected chi connectivity index (χ0v) is 16.4. The predicted octanol–water partition coefficient (Wildman–Crippen LogP) is 2.28. The fourth-order valence-electron chi connectivity index (χ4n) is 2.62. The molecule has 0 aliphatic heterocycles. The van der Waals surface area contributed by atoms with Crippen molar-refractivity contribution in [1.82, 2.24) is 9.62 Å². The van der Waals surface area contributed by atoms with Gasteiger partial charge in [0.25, 0.3) is 0 Å². The van der Waals surface area contributed by atoms with Gasteiger partial charge in [0, 0.05) is 26.3 Å². The molecule has 2 aromatic carbocycles. The fourth-order valence-corrected chi connectivity index (χ4v) is 3.73. The van der Waals surface area contributed by atoms with Crippen LogP contribution in [0.4, 0.5) is 5.69 Å². The SMILES string of the molecule is Cc1cccc(C)c1NCC(=O)NCc1ccccc1S(=O)(=O)N(C)C. The topological polar surface area (TPSA) is 78.5 Å². The van der Waals surface area contributed by atoms with E-state index in [1.165, 1.54) is 14.1 Å². The quantitative estimate of drug-likeness (QED) is 0.778. The Bertz CT molecular complexity index is 872. The Hall–Kier alpha value is -2.38. The molecule has 0 radical (unpaired) electrons. The third-order valence-electron chi connectivity index (χ3n) is 4.11. The lowest BCUT2D eigenvalue weighted by Gasteiger charge is -2.16. The summed E-state index contributed by atoms with van der Waals surface area (Å²) in [5, 5.41) is 5.92. The number of sulfonamides is 1. The van der Waals surface area contributed by atoms with E-state index in [-0.39, 0.29) is 23.9 Å². The third-order valence-corrected chi connectivity index (χ3v) is 6.03. The van der Waals surface area contributed by atoms with Gasteiger partial charge in [-0.2, -0.15) is 0 Å². The van der Waals surface area contributed by atoms with Crippen LogP contribution in [-0.2, 0) is 21.4 Å². The summed E-state index contributed by atoms with van der Waals surface area (Å²) in [6.45, 7) is 4.23. The molecule has 0 bridgehead atoms. The Morgan fingerprint density at radius 1 is 1.00 bits per heavy atom. The highest BCUT2D eigenvalue weighted by molar-refractivity contribution is 7.89. The van der Waals surface area contributed by atoms with Crippen molar-refractivity contribution in [3.8, 4) is 0 Å². The van der Waals surface area contributed by atoms with Gasteiger partial charge < -0.3 is 10.6 Å². The van der Waals surface area contributed by atoms with Gasteiger partial charge in [-0.25, -0.2) is 12.7 Å². The van der Waals surface area contributed by atoms with E-state index in [1.807, 2.05) is 32.0 Å². The van der Waals surface area contributed by atoms with Crippen molar-refractivity contribution in [2.24, 2.45) is 0 Å². The van der Waals surface area contributed by atoms with Crippen molar-refractivity contribution in [3.05, 3.63) is 59.2 Å². The van der Waals surface area contributed by atoms with E-state index >= 15 is 0 Å². The molecule has 0 heterocycles. The number of aryl methyl sites for hydroxylation is 2. The van der Waals surface area contributed by atoms with Crippen molar-refractivity contribution in [2.75, 3.05) is 26.0 Å². The maximum absolute atomic E-state index is 12.4. The first-order chi connectivity index (χ1) is 12.2. The van der Waals surface area contributed by atoms with Gasteiger partial charge in [-0.3, -0.25) is 4.79 Å². The molecule has 26 heavy (non-hydrogen) atoms. The number of nitrogens with one attached hydrogen (secondary N) is 2. The Labute approximate surface area is 155 Å². The standard InChI is InChI=1S/C19H25N3O3S/c1-14-8-7-9-15(2)19(14)21-13-18(23)20-12-16-10-5-6-11-17(16)26(24,25)22(3)4/h5-11,21H,12-13H2,1-4H3,(H,20,23). The number of hydrogen-bond donors (Lipinski definition) is 2. The average Bonchev–Trinajstić information content (AvgIpc) is 2.59. The minimum absolute atomic E-state index is 0.119. The summed E-state index contributed by atoms with van der Waals surface area (Å²) in [7, 11) is -0.585. The van der Waals surface area contributed by atoms with Gasteiger partial charge in [0.1, 0.15) is 0 Å². The molecule has 2 aromatic rings. The van der Waals surface area contributed by atoms with Gasteiger partial charge in [-0.15, -0.1) is 0 Å². The Balaban J connectivity index is 2.03. The summed E-state index contributed by atoms with van der Waals surface area (Å²) in [6, 6.07) is 12.6. The van der Waals surface area contributed by atoms with Crippen LogP contribution in [0.2, 0.25) is 0 Å². The predicted molar refractivity (Wildman–Crippen MR) is 104 cm³/mol. The maximum atomic E-state index is 12.4. The van der Waals surface area contributed by atoms with E-state index in [2.05, 4.69) is 10.6 Å². The van der Waals surface area contributed by atoms with Gasteiger partial charge in [0.15, 0.2) is 0 Å². The first-order valence-corrected chi connectivity index (χ1v) is 9.74. The largest absolute Gasteiger partial charge is 0.376 e. The van der Waals surface area contributed by atoms with Crippen LogP contribution in [0, 0.1) is 13.8 Å². The van der Waals surface area contributed by atoms with Crippen LogP contribution >= 0.6 is 0 Å². The molecule has 2 N–H and O–H groups in total. The van der Waals surface area contributed by atoms with Crippen molar-refractivity contribution < 1.29 is 13.2 Å². The lowest BCUT2D eigenvalue weighted by molar-refractivity contribution is -0.119. The van der Waals surface area contributed by atoms with E-state index in [1.54, 1.807) is 24.3 Å². The minimum Gasteiger partial charge on any atom is -0.376 e. The molecule has 140 valence electrons. The number of carbonyl (C=O) groups excluding carboxylic acids is 1. The Kier molecular flexibility index (Phi) is 6.39. The summed E-state index contributed by atoms with van der Waals surface area (Å²) in [4.78, 5) is 12.4. The molecular weight excluding hydrogens is 350 g/mol. The summed E-state index contributed by atoms with van der Waals surface area (Å²) < 4.78 is 25.9. The first-order valence-electron chi connectivity index (χ1n) is 8.30. The smallest absolute Gasteiger partial charge is 0.242 e. The number of para-hydroxylation sites is 1. The minimum atomic E-state index is -3.56. The normalized spacial score (nSPS) is 11.4. The van der Waals surface area contributed by atoms with Gasteiger partial charge in [-0.05, 0) is 36.6 Å². The van der Waals surface area contributed by atoms with Crippen LogP contribution in [0.25, 0.3) is 0 Å². The van der Waals surface area contributed by atoms with Gasteiger partial charge in [-0.1, -0.05) is 36.4 Å². The molecule has 1 amide bonds. The second kappa shape index (κ2) is 8.33. The number of amides is 1. The zero-order chi connectivity index (χ0) is 19.3. The van der Waals surface area contributed by atoms with Crippen LogP contribution in [0.15, 0.2) is 47.4 Å². The summed E-state index contributed by atoms with van der Waals surface area (Å²) in [5.41, 5.74) is 3.64. The molecule has 6 nitrogen and oxygen atoms in total. The molecule has 7 heteroatoms. The molecular formula is C19H25N3O3S. The molecule has 0 atom stereocenters. The molecule has 0 fully saturated rings. The molecule has 0 aliphatic carbocycles. The highest BCUT2D eigenvalue weighted by Crippen LogP contribution is 2.19. The van der Waals surface area contributed by atoms with Crippen molar-refractivity contribution in [2.45, 2.75) is 25.3 Å². The monoisotopic (exact) mass is 375 g/mol. The molecule has 0 aliphatic rings. The molecule has 2 rings (SSSR count). The molecule has 0 saturated heterocycles. The van der Waals surface area contributed by atoms with Crippen LogP contribution < -0.4 is 10.6 Å². The molecule has 0 aromatic heterocycles. The van der Waals surface area contributed by atoms with E-state index in [9.17, 15) is 13.2 Å². The van der Waals surface area contributed by atoms with Crippen LogP contribution in [0.5, 0.6) is 0 Å². The number of hydrogen-bond acceptors (Lipinski definition) is 4. The lowest BCUT2D eigenvalue weighted by atomic mass is 10.1.